The van der Waals surface area contributed by atoms with Gasteiger partial charge in [0.15, 0.2) is 5.96 Å². The fourth-order valence-corrected chi connectivity index (χ4v) is 2.02. The molecular formula is C13H20N4O5S-2. The van der Waals surface area contributed by atoms with E-state index in [9.17, 15) is 0 Å². The molecule has 0 aliphatic carbocycles. The molecule has 1 aromatic carbocycles. The lowest BCUT2D eigenvalue weighted by Gasteiger charge is -2.34. The molecule has 3 N–H and O–H groups in total. The summed E-state index contributed by atoms with van der Waals surface area (Å²) in [6.07, 6.45) is 0. The van der Waals surface area contributed by atoms with Gasteiger partial charge in [0, 0.05) is 43.1 Å². The number of para-hydroxylation sites is 1. The SMILES string of the molecule is N=C(N)N1CCN(CCOc2ccccc2)CC1.O=S(=O)([O-])[O-]. The average molecular weight is 344 g/mol. The lowest BCUT2D eigenvalue weighted by molar-refractivity contribution is 0.153. The molecule has 130 valence electrons. The second kappa shape index (κ2) is 9.30. The van der Waals surface area contributed by atoms with Crippen molar-refractivity contribution in [2.45, 2.75) is 0 Å². The molecular weight excluding hydrogens is 324 g/mol. The third-order valence-corrected chi connectivity index (χ3v) is 3.13. The van der Waals surface area contributed by atoms with Crippen LogP contribution in [0.3, 0.4) is 0 Å². The van der Waals surface area contributed by atoms with E-state index in [-0.39, 0.29) is 5.96 Å². The standard InChI is InChI=1S/C13H20N4O.H2O4S/c14-13(15)17-8-6-16(7-9-17)10-11-18-12-4-2-1-3-5-12;1-5(2,3)4/h1-5H,6-11H2,(H3,14,15);(H2,1,2,3,4)/p-2. The van der Waals surface area contributed by atoms with E-state index in [4.69, 9.17) is 33.4 Å². The van der Waals surface area contributed by atoms with Crippen molar-refractivity contribution in [3.8, 4) is 5.75 Å². The van der Waals surface area contributed by atoms with Crippen molar-refractivity contribution in [1.82, 2.24) is 9.80 Å². The van der Waals surface area contributed by atoms with Crippen LogP contribution in [-0.4, -0.2) is 72.6 Å². The van der Waals surface area contributed by atoms with Gasteiger partial charge in [-0.2, -0.15) is 0 Å². The van der Waals surface area contributed by atoms with Crippen molar-refractivity contribution in [3.63, 3.8) is 0 Å². The average Bonchev–Trinajstić information content (AvgIpc) is 2.47. The number of ether oxygens (including phenoxy) is 1. The lowest BCUT2D eigenvalue weighted by Crippen LogP contribution is -2.51. The lowest BCUT2D eigenvalue weighted by atomic mass is 10.3. The van der Waals surface area contributed by atoms with Gasteiger partial charge < -0.3 is 24.5 Å². The molecule has 0 saturated carbocycles. The van der Waals surface area contributed by atoms with Crippen LogP contribution in [0.1, 0.15) is 0 Å². The summed E-state index contributed by atoms with van der Waals surface area (Å²) in [5.41, 5.74) is 5.45. The van der Waals surface area contributed by atoms with Crippen LogP contribution in [0.2, 0.25) is 0 Å². The molecule has 23 heavy (non-hydrogen) atoms. The molecule has 9 nitrogen and oxygen atoms in total. The number of nitrogens with zero attached hydrogens (tertiary/aromatic N) is 2. The van der Waals surface area contributed by atoms with Gasteiger partial charge in [-0.05, 0) is 12.1 Å². The van der Waals surface area contributed by atoms with E-state index in [0.29, 0.717) is 6.61 Å². The van der Waals surface area contributed by atoms with Crippen LogP contribution in [-0.2, 0) is 10.4 Å². The first kappa shape index (κ1) is 19.2. The second-order valence-corrected chi connectivity index (χ2v) is 5.60. The predicted molar refractivity (Wildman–Crippen MR) is 82.3 cm³/mol. The number of nitrogens with one attached hydrogen (secondary N) is 1. The first-order valence-corrected chi connectivity index (χ1v) is 8.25. The summed E-state index contributed by atoms with van der Waals surface area (Å²) in [6, 6.07) is 9.86. The molecule has 0 unspecified atom stereocenters. The highest BCUT2D eigenvalue weighted by molar-refractivity contribution is 7.79. The predicted octanol–water partition coefficient (Wildman–Crippen LogP) is -0.762. The van der Waals surface area contributed by atoms with E-state index in [1.807, 2.05) is 35.2 Å². The zero-order valence-corrected chi connectivity index (χ0v) is 13.4. The van der Waals surface area contributed by atoms with Crippen molar-refractivity contribution in [3.05, 3.63) is 30.3 Å². The Hall–Kier alpha value is -1.88. The second-order valence-electron chi connectivity index (χ2n) is 4.78. The number of piperazine rings is 1. The zero-order chi connectivity index (χ0) is 17.3. The Morgan fingerprint density at radius 2 is 1.70 bits per heavy atom. The Kier molecular flexibility index (Phi) is 7.75. The van der Waals surface area contributed by atoms with Gasteiger partial charge in [0.25, 0.3) is 0 Å². The number of nitrogens with two attached hydrogens (primary N) is 1. The van der Waals surface area contributed by atoms with Crippen molar-refractivity contribution in [2.24, 2.45) is 5.73 Å². The minimum atomic E-state index is -5.17. The van der Waals surface area contributed by atoms with Gasteiger partial charge in [0.05, 0.1) is 0 Å². The zero-order valence-electron chi connectivity index (χ0n) is 12.6. The van der Waals surface area contributed by atoms with Gasteiger partial charge in [0.2, 0.25) is 0 Å². The van der Waals surface area contributed by atoms with E-state index < -0.39 is 10.4 Å². The van der Waals surface area contributed by atoms with Crippen molar-refractivity contribution < 1.29 is 22.3 Å². The summed E-state index contributed by atoms with van der Waals surface area (Å²) < 4.78 is 39.7. The van der Waals surface area contributed by atoms with Crippen molar-refractivity contribution in [2.75, 3.05) is 39.3 Å². The number of hydrogen-bond acceptors (Lipinski definition) is 7. The molecule has 0 amide bonds. The Balaban J connectivity index is 0.000000463. The van der Waals surface area contributed by atoms with Gasteiger partial charge in [-0.1, -0.05) is 18.2 Å². The molecule has 1 aliphatic rings. The molecule has 0 radical (unpaired) electrons. The largest absolute Gasteiger partial charge is 0.759 e. The molecule has 10 heteroatoms. The summed E-state index contributed by atoms with van der Waals surface area (Å²) in [5, 5.41) is 7.37. The Labute approximate surface area is 135 Å². The third-order valence-electron chi connectivity index (χ3n) is 3.13. The molecule has 0 bridgehead atoms. The van der Waals surface area contributed by atoms with Crippen molar-refractivity contribution in [1.29, 1.82) is 5.41 Å². The third kappa shape index (κ3) is 9.68. The molecule has 1 fully saturated rings. The molecule has 0 spiro atoms. The Morgan fingerprint density at radius 1 is 1.17 bits per heavy atom. The maximum absolute atomic E-state index is 8.52. The fraction of sp³-hybridized carbons (Fsp3) is 0.462. The number of rotatable bonds is 4. The summed E-state index contributed by atoms with van der Waals surface area (Å²) in [5.74, 6) is 1.09. The molecule has 1 saturated heterocycles. The van der Waals surface area contributed by atoms with Gasteiger partial charge in [-0.25, -0.2) is 0 Å². The topological polar surface area (TPSA) is 146 Å². The van der Waals surface area contributed by atoms with Crippen LogP contribution < -0.4 is 10.5 Å². The first-order chi connectivity index (χ1) is 10.8. The van der Waals surface area contributed by atoms with E-state index in [2.05, 4.69) is 4.90 Å². The monoisotopic (exact) mass is 344 g/mol. The van der Waals surface area contributed by atoms with Crippen LogP contribution in [0, 0.1) is 5.41 Å². The molecule has 1 heterocycles. The van der Waals surface area contributed by atoms with Gasteiger partial charge in [0.1, 0.15) is 12.4 Å². The first-order valence-electron chi connectivity index (χ1n) is 6.91. The van der Waals surface area contributed by atoms with Gasteiger partial charge in [-0.15, -0.1) is 0 Å². The summed E-state index contributed by atoms with van der Waals surface area (Å²) in [7, 11) is -5.17. The van der Waals surface area contributed by atoms with Gasteiger partial charge in [-0.3, -0.25) is 18.7 Å². The highest BCUT2D eigenvalue weighted by Gasteiger charge is 2.16. The number of benzene rings is 1. The van der Waals surface area contributed by atoms with Gasteiger partial charge >= 0.3 is 0 Å². The van der Waals surface area contributed by atoms with E-state index in [0.717, 1.165) is 38.5 Å². The number of hydrogen-bond donors (Lipinski definition) is 2. The Morgan fingerprint density at radius 3 is 2.17 bits per heavy atom. The van der Waals surface area contributed by atoms with Crippen LogP contribution in [0.15, 0.2) is 30.3 Å². The van der Waals surface area contributed by atoms with Crippen LogP contribution in [0.4, 0.5) is 0 Å². The van der Waals surface area contributed by atoms with Crippen LogP contribution >= 0.6 is 0 Å². The normalized spacial score (nSPS) is 15.5. The van der Waals surface area contributed by atoms with E-state index in [1.54, 1.807) is 0 Å². The molecule has 1 aromatic rings. The highest BCUT2D eigenvalue weighted by atomic mass is 32.3. The van der Waals surface area contributed by atoms with E-state index in [1.165, 1.54) is 0 Å². The highest BCUT2D eigenvalue weighted by Crippen LogP contribution is 2.08. The van der Waals surface area contributed by atoms with Crippen LogP contribution in [0.25, 0.3) is 0 Å². The minimum absolute atomic E-state index is 0.176. The summed E-state index contributed by atoms with van der Waals surface area (Å²) in [6.45, 7) is 5.17. The molecule has 0 aromatic heterocycles. The Bertz CT molecular complexity index is 565. The van der Waals surface area contributed by atoms with E-state index >= 15 is 0 Å². The van der Waals surface area contributed by atoms with Crippen molar-refractivity contribution >= 4 is 16.4 Å². The summed E-state index contributed by atoms with van der Waals surface area (Å²) in [4.78, 5) is 4.23. The smallest absolute Gasteiger partial charge is 0.188 e. The maximum atomic E-state index is 8.52. The fourth-order valence-electron chi connectivity index (χ4n) is 2.02. The quantitative estimate of drug-likeness (QED) is 0.313. The molecule has 1 aliphatic heterocycles. The van der Waals surface area contributed by atoms with Crippen LogP contribution in [0.5, 0.6) is 5.75 Å². The molecule has 2 rings (SSSR count). The summed E-state index contributed by atoms with van der Waals surface area (Å²) >= 11 is 0. The molecule has 0 atom stereocenters. The minimum Gasteiger partial charge on any atom is -0.759 e. The number of guanidine groups is 1. The maximum Gasteiger partial charge on any atom is 0.188 e.